The third-order valence-electron chi connectivity index (χ3n) is 8.68. The van der Waals surface area contributed by atoms with Gasteiger partial charge in [0.25, 0.3) is 8.32 Å². The molecule has 0 amide bonds. The van der Waals surface area contributed by atoms with Gasteiger partial charge in [0.15, 0.2) is 17.6 Å². The number of ether oxygens (including phenoxy) is 1. The van der Waals surface area contributed by atoms with E-state index in [1.165, 1.54) is 5.56 Å². The van der Waals surface area contributed by atoms with Crippen molar-refractivity contribution in [3.05, 3.63) is 23.3 Å². The summed E-state index contributed by atoms with van der Waals surface area (Å²) >= 11 is 0. The van der Waals surface area contributed by atoms with Gasteiger partial charge >= 0.3 is 0 Å². The van der Waals surface area contributed by atoms with Crippen LogP contribution in [0.5, 0.6) is 11.5 Å². The highest BCUT2D eigenvalue weighted by Crippen LogP contribution is 2.65. The van der Waals surface area contributed by atoms with Crippen molar-refractivity contribution < 1.29 is 19.1 Å². The topological polar surface area (TPSA) is 59.0 Å². The Morgan fingerprint density at radius 2 is 2.00 bits per heavy atom. The van der Waals surface area contributed by atoms with Crippen molar-refractivity contribution >= 4 is 14.1 Å². The highest BCUT2D eigenvalue weighted by molar-refractivity contribution is 6.74. The van der Waals surface area contributed by atoms with Crippen LogP contribution < -0.4 is 9.16 Å². The molecule has 2 fully saturated rings. The van der Waals surface area contributed by atoms with Crippen LogP contribution in [0.3, 0.4) is 0 Å². The molecular weight excluding hydrogens is 382 g/mol. The molecule has 2 aliphatic heterocycles. The van der Waals surface area contributed by atoms with Crippen LogP contribution in [0.4, 0.5) is 0 Å². The maximum Gasteiger partial charge on any atom is 0.250 e. The van der Waals surface area contributed by atoms with Gasteiger partial charge < -0.3 is 19.2 Å². The minimum absolute atomic E-state index is 0.0288. The lowest BCUT2D eigenvalue weighted by Gasteiger charge is -2.62. The molecule has 0 radical (unpaired) electrons. The Kier molecular flexibility index (Phi) is 3.82. The van der Waals surface area contributed by atoms with Crippen LogP contribution in [0.1, 0.15) is 51.2 Å². The van der Waals surface area contributed by atoms with Gasteiger partial charge in [0.1, 0.15) is 5.75 Å². The molecule has 6 heteroatoms. The molecule has 5 nitrogen and oxygen atoms in total. The molecule has 5 rings (SSSR count). The number of piperidine rings is 1. The van der Waals surface area contributed by atoms with Gasteiger partial charge in [-0.15, -0.1) is 0 Å². The Labute approximate surface area is 174 Å². The summed E-state index contributed by atoms with van der Waals surface area (Å²) in [5.41, 5.74) is 0.724. The summed E-state index contributed by atoms with van der Waals surface area (Å²) in [5, 5.41) is 12.1. The fourth-order valence-corrected chi connectivity index (χ4v) is 7.05. The molecule has 2 bridgehead atoms. The highest BCUT2D eigenvalue weighted by Gasteiger charge is 2.72. The van der Waals surface area contributed by atoms with E-state index < -0.39 is 25.4 Å². The second kappa shape index (κ2) is 5.65. The minimum Gasteiger partial charge on any atom is -0.541 e. The van der Waals surface area contributed by atoms with Crippen LogP contribution >= 0.6 is 0 Å². The zero-order chi connectivity index (χ0) is 21.0. The van der Waals surface area contributed by atoms with Crippen LogP contribution in [0.15, 0.2) is 12.1 Å². The van der Waals surface area contributed by atoms with E-state index in [-0.39, 0.29) is 16.9 Å². The Balaban J connectivity index is 1.71. The van der Waals surface area contributed by atoms with E-state index in [9.17, 15) is 9.90 Å². The lowest BCUT2D eigenvalue weighted by Crippen LogP contribution is -2.76. The molecule has 1 saturated heterocycles. The summed E-state index contributed by atoms with van der Waals surface area (Å²) in [7, 11) is 0.0247. The molecule has 2 heterocycles. The van der Waals surface area contributed by atoms with Crippen molar-refractivity contribution in [2.24, 2.45) is 0 Å². The van der Waals surface area contributed by atoms with Gasteiger partial charge in [0.2, 0.25) is 0 Å². The SMILES string of the molecule is CN1CC[C@]23c4c5ccc(O[Si](C)(C)C(C)(C)C)c4O[C@H]2C(=O)CC[C@@]3(O)[C@H]1C5. The fraction of sp³-hybridized carbons (Fsp3) is 0.696. The zero-order valence-corrected chi connectivity index (χ0v) is 19.5. The quantitative estimate of drug-likeness (QED) is 0.750. The Hall–Kier alpha value is -1.37. The summed E-state index contributed by atoms with van der Waals surface area (Å²) in [6, 6.07) is 4.22. The fourth-order valence-electron chi connectivity index (χ4n) is 6.03. The monoisotopic (exact) mass is 415 g/mol. The number of benzene rings is 1. The lowest BCUT2D eigenvalue weighted by atomic mass is 9.49. The summed E-state index contributed by atoms with van der Waals surface area (Å²) < 4.78 is 13.1. The van der Waals surface area contributed by atoms with E-state index in [1.54, 1.807) is 0 Å². The molecule has 1 aromatic carbocycles. The molecule has 0 aromatic heterocycles. The van der Waals surface area contributed by atoms with Crippen LogP contribution in [-0.4, -0.2) is 55.4 Å². The smallest absolute Gasteiger partial charge is 0.250 e. The van der Waals surface area contributed by atoms with Gasteiger partial charge in [-0.05, 0) is 62.6 Å². The number of aliphatic hydroxyl groups is 1. The van der Waals surface area contributed by atoms with Gasteiger partial charge in [-0.3, -0.25) is 4.79 Å². The van der Waals surface area contributed by atoms with Crippen molar-refractivity contribution in [2.45, 2.75) is 87.7 Å². The first kappa shape index (κ1) is 19.6. The maximum absolute atomic E-state index is 13.0. The number of likely N-dealkylation sites (tertiary alicyclic amines) is 1. The Morgan fingerprint density at radius 3 is 2.69 bits per heavy atom. The molecule has 1 N–H and O–H groups in total. The lowest BCUT2D eigenvalue weighted by molar-refractivity contribution is -0.185. The molecule has 158 valence electrons. The van der Waals surface area contributed by atoms with Crippen LogP contribution in [0.25, 0.3) is 0 Å². The maximum atomic E-state index is 13.0. The van der Waals surface area contributed by atoms with Crippen molar-refractivity contribution in [1.82, 2.24) is 4.90 Å². The molecule has 1 spiro atoms. The Bertz CT molecular complexity index is 907. The van der Waals surface area contributed by atoms with E-state index in [2.05, 4.69) is 51.9 Å². The predicted octanol–water partition coefficient (Wildman–Crippen LogP) is 3.42. The summed E-state index contributed by atoms with van der Waals surface area (Å²) in [5.74, 6) is 1.61. The Morgan fingerprint density at radius 1 is 1.28 bits per heavy atom. The van der Waals surface area contributed by atoms with E-state index in [1.807, 2.05) is 6.07 Å². The van der Waals surface area contributed by atoms with E-state index >= 15 is 0 Å². The number of ketones is 1. The van der Waals surface area contributed by atoms with Gasteiger partial charge in [-0.2, -0.15) is 0 Å². The van der Waals surface area contributed by atoms with Crippen molar-refractivity contribution in [2.75, 3.05) is 13.6 Å². The number of likely N-dealkylation sites (N-methyl/N-ethyl adjacent to an activating group) is 1. The number of rotatable bonds is 2. The van der Waals surface area contributed by atoms with Crippen LogP contribution in [-0.2, 0) is 16.6 Å². The predicted molar refractivity (Wildman–Crippen MR) is 114 cm³/mol. The van der Waals surface area contributed by atoms with E-state index in [4.69, 9.17) is 9.16 Å². The number of carbonyl (C=O) groups is 1. The zero-order valence-electron chi connectivity index (χ0n) is 18.5. The second-order valence-electron chi connectivity index (χ2n) is 11.1. The molecular formula is C23H33NO4Si. The number of carbonyl (C=O) groups excluding carboxylic acids is 1. The average molecular weight is 416 g/mol. The van der Waals surface area contributed by atoms with Crippen LogP contribution in [0.2, 0.25) is 18.1 Å². The van der Waals surface area contributed by atoms with Crippen molar-refractivity contribution in [1.29, 1.82) is 0 Å². The van der Waals surface area contributed by atoms with Crippen molar-refractivity contribution in [3.8, 4) is 11.5 Å². The number of Topliss-reactive ketones (excluding diaryl/α,β-unsaturated/α-hetero) is 1. The molecule has 29 heavy (non-hydrogen) atoms. The molecule has 1 saturated carbocycles. The first-order valence-corrected chi connectivity index (χ1v) is 13.8. The van der Waals surface area contributed by atoms with Gasteiger partial charge in [0.05, 0.1) is 11.0 Å². The number of hydrogen-bond acceptors (Lipinski definition) is 5. The third kappa shape index (κ3) is 2.25. The third-order valence-corrected chi connectivity index (χ3v) is 13.0. The molecule has 0 unspecified atom stereocenters. The molecule has 4 aliphatic rings. The van der Waals surface area contributed by atoms with E-state index in [0.717, 1.165) is 36.4 Å². The standard InChI is InChI=1S/C23H33NO4Si/c1-21(2,3)29(5,6)28-16-8-7-14-13-17-23(26)10-9-15(25)20-22(23,11-12-24(17)4)18(14)19(16)27-20/h7-8,17,20,26H,9-13H2,1-6H3/t17-,20+,22+,23-/m1/s1. The molecule has 1 aromatic rings. The highest BCUT2D eigenvalue weighted by atomic mass is 28.4. The summed E-state index contributed by atoms with van der Waals surface area (Å²) in [6.45, 7) is 12.0. The average Bonchev–Trinajstić information content (AvgIpc) is 2.97. The van der Waals surface area contributed by atoms with Gasteiger partial charge in [-0.25, -0.2) is 0 Å². The van der Waals surface area contributed by atoms with E-state index in [0.29, 0.717) is 12.8 Å². The largest absolute Gasteiger partial charge is 0.541 e. The van der Waals surface area contributed by atoms with Crippen molar-refractivity contribution in [3.63, 3.8) is 0 Å². The minimum atomic E-state index is -2.07. The van der Waals surface area contributed by atoms with Gasteiger partial charge in [-0.1, -0.05) is 26.8 Å². The molecule has 2 aliphatic carbocycles. The first-order chi connectivity index (χ1) is 13.4. The van der Waals surface area contributed by atoms with Crippen LogP contribution in [0, 0.1) is 0 Å². The first-order valence-electron chi connectivity index (χ1n) is 10.9. The normalized spacial score (nSPS) is 35.9. The second-order valence-corrected chi connectivity index (χ2v) is 15.8. The number of nitrogens with zero attached hydrogens (tertiary/aromatic N) is 1. The van der Waals surface area contributed by atoms with Gasteiger partial charge in [0, 0.05) is 18.0 Å². The summed E-state index contributed by atoms with van der Waals surface area (Å²) in [4.78, 5) is 15.3. The molecule has 4 atom stereocenters. The number of hydrogen-bond donors (Lipinski definition) is 1. The summed E-state index contributed by atoms with van der Waals surface area (Å²) in [6.07, 6.45) is 1.86.